The van der Waals surface area contributed by atoms with Gasteiger partial charge < -0.3 is 33.8 Å². The monoisotopic (exact) mass is 1480 g/mol. The maximum Gasteiger partial charge on any atom is 0.472 e. The molecule has 101 heavy (non-hydrogen) atoms. The van der Waals surface area contributed by atoms with Crippen LogP contribution in [0, 0.1) is 17.8 Å². The van der Waals surface area contributed by atoms with Crippen LogP contribution >= 0.6 is 15.6 Å². The zero-order valence-electron chi connectivity index (χ0n) is 66.4. The van der Waals surface area contributed by atoms with E-state index in [2.05, 4.69) is 48.5 Å². The summed E-state index contributed by atoms with van der Waals surface area (Å²) in [5.41, 5.74) is 0. The summed E-state index contributed by atoms with van der Waals surface area (Å²) in [6.45, 7) is 12.0. The first-order valence-electron chi connectivity index (χ1n) is 42.4. The number of carbonyl (C=O) groups is 4. The molecule has 0 spiro atoms. The molecule has 0 amide bonds. The standard InChI is InChI=1S/C82H160O17P2/c1-8-11-12-13-14-15-16-27-35-42-49-56-63-79(84)92-70-78(99-82(87)66-59-52-45-38-31-30-32-39-46-53-60-73(4)5)72-97-101(90,91)95-68-76(83)67-94-100(88,89)96-71-77(98-81(86)65-58-51-44-37-29-24-20-18-22-26-34-41-48-55-62-75(7)10-3)69-93-80(85)64-57-50-43-36-28-23-19-17-21-25-33-40-47-54-61-74(6)9-2/h73-78,83H,8-72H2,1-7H3,(H,88,89)(H,90,91)/t74?,75?,76-,77-,78-/m1/s1. The van der Waals surface area contributed by atoms with E-state index in [0.717, 1.165) is 108 Å². The first-order chi connectivity index (χ1) is 48.8. The van der Waals surface area contributed by atoms with E-state index >= 15 is 0 Å². The molecule has 19 heteroatoms. The Morgan fingerprint density at radius 1 is 0.287 bits per heavy atom. The predicted molar refractivity (Wildman–Crippen MR) is 414 cm³/mol. The van der Waals surface area contributed by atoms with E-state index < -0.39 is 97.5 Å². The highest BCUT2D eigenvalue weighted by Crippen LogP contribution is 2.45. The molecule has 0 radical (unpaired) electrons. The normalized spacial score (nSPS) is 14.5. The van der Waals surface area contributed by atoms with Crippen molar-refractivity contribution in [3.63, 3.8) is 0 Å². The third-order valence-corrected chi connectivity index (χ3v) is 21.8. The Balaban J connectivity index is 5.26. The van der Waals surface area contributed by atoms with Gasteiger partial charge >= 0.3 is 39.5 Å². The molecule has 0 aliphatic heterocycles. The van der Waals surface area contributed by atoms with Crippen molar-refractivity contribution in [1.82, 2.24) is 0 Å². The minimum absolute atomic E-state index is 0.106. The van der Waals surface area contributed by atoms with Crippen molar-refractivity contribution < 1.29 is 80.2 Å². The number of aliphatic hydroxyl groups excluding tert-OH is 1. The second-order valence-corrected chi connectivity index (χ2v) is 33.4. The Kier molecular flexibility index (Phi) is 70.9. The number of hydrogen-bond donors (Lipinski definition) is 3. The quantitative estimate of drug-likeness (QED) is 0.0222. The number of phosphoric acid groups is 2. The van der Waals surface area contributed by atoms with Crippen molar-refractivity contribution in [3.8, 4) is 0 Å². The van der Waals surface area contributed by atoms with Gasteiger partial charge in [-0.1, -0.05) is 376 Å². The van der Waals surface area contributed by atoms with E-state index in [1.54, 1.807) is 0 Å². The number of esters is 4. The third-order valence-electron chi connectivity index (χ3n) is 19.9. The average Bonchev–Trinajstić information content (AvgIpc) is 0.955. The molecule has 600 valence electrons. The van der Waals surface area contributed by atoms with Gasteiger partial charge in [0, 0.05) is 25.7 Å². The van der Waals surface area contributed by atoms with Crippen LogP contribution in [0.3, 0.4) is 0 Å². The van der Waals surface area contributed by atoms with Gasteiger partial charge in [0.15, 0.2) is 12.2 Å². The molecule has 0 aliphatic rings. The highest BCUT2D eigenvalue weighted by atomic mass is 31.2. The van der Waals surface area contributed by atoms with Crippen LogP contribution in [0.25, 0.3) is 0 Å². The summed E-state index contributed by atoms with van der Waals surface area (Å²) in [7, 11) is -9.92. The zero-order chi connectivity index (χ0) is 74.4. The lowest BCUT2D eigenvalue weighted by atomic mass is 9.99. The molecular weight excluding hydrogens is 1320 g/mol. The maximum atomic E-state index is 13.1. The number of aliphatic hydroxyl groups is 1. The summed E-state index contributed by atoms with van der Waals surface area (Å²) in [4.78, 5) is 73.1. The number of phosphoric ester groups is 2. The summed E-state index contributed by atoms with van der Waals surface area (Å²) in [5.74, 6) is 0.340. The molecule has 0 saturated carbocycles. The minimum Gasteiger partial charge on any atom is -0.462 e. The third kappa shape index (κ3) is 73.4. The van der Waals surface area contributed by atoms with Crippen molar-refractivity contribution in [2.75, 3.05) is 39.6 Å². The Bertz CT molecular complexity index is 1960. The lowest BCUT2D eigenvalue weighted by Gasteiger charge is -2.21. The van der Waals surface area contributed by atoms with E-state index in [1.807, 2.05) is 0 Å². The van der Waals surface area contributed by atoms with E-state index in [4.69, 9.17) is 37.0 Å². The van der Waals surface area contributed by atoms with Gasteiger partial charge in [0.25, 0.3) is 0 Å². The fraction of sp³-hybridized carbons (Fsp3) is 0.951. The van der Waals surface area contributed by atoms with Gasteiger partial charge in [0.2, 0.25) is 0 Å². The molecule has 0 aliphatic carbocycles. The van der Waals surface area contributed by atoms with E-state index in [-0.39, 0.29) is 25.7 Å². The Labute approximate surface area is 619 Å². The fourth-order valence-electron chi connectivity index (χ4n) is 12.6. The molecule has 0 aromatic heterocycles. The van der Waals surface area contributed by atoms with E-state index in [0.29, 0.717) is 25.7 Å². The molecule has 0 aromatic carbocycles. The highest BCUT2D eigenvalue weighted by Gasteiger charge is 2.30. The molecule has 7 atom stereocenters. The molecule has 17 nitrogen and oxygen atoms in total. The average molecular weight is 1480 g/mol. The molecule has 0 fully saturated rings. The molecule has 0 rings (SSSR count). The Morgan fingerprint density at radius 2 is 0.505 bits per heavy atom. The Hall–Kier alpha value is -1.94. The van der Waals surface area contributed by atoms with E-state index in [9.17, 15) is 43.2 Å². The minimum atomic E-state index is -4.96. The lowest BCUT2D eigenvalue weighted by molar-refractivity contribution is -0.161. The van der Waals surface area contributed by atoms with Crippen LogP contribution in [0.4, 0.5) is 0 Å². The van der Waals surface area contributed by atoms with Crippen molar-refractivity contribution in [2.24, 2.45) is 17.8 Å². The van der Waals surface area contributed by atoms with Gasteiger partial charge in [-0.3, -0.25) is 37.3 Å². The number of hydrogen-bond acceptors (Lipinski definition) is 15. The molecule has 0 bridgehead atoms. The zero-order valence-corrected chi connectivity index (χ0v) is 68.2. The van der Waals surface area contributed by atoms with Gasteiger partial charge in [0.1, 0.15) is 19.3 Å². The molecule has 0 heterocycles. The van der Waals surface area contributed by atoms with Gasteiger partial charge in [-0.25, -0.2) is 9.13 Å². The molecular formula is C82H160O17P2. The van der Waals surface area contributed by atoms with Crippen LogP contribution in [0.15, 0.2) is 0 Å². The second-order valence-electron chi connectivity index (χ2n) is 30.5. The number of rotatable bonds is 80. The first-order valence-corrected chi connectivity index (χ1v) is 45.4. The smallest absolute Gasteiger partial charge is 0.462 e. The summed E-state index contributed by atoms with van der Waals surface area (Å²) >= 11 is 0. The van der Waals surface area contributed by atoms with Gasteiger partial charge in [-0.2, -0.15) is 0 Å². The SMILES string of the molecule is CCCCCCCCCCCCCCC(=O)OC[C@H](COP(=O)(O)OC[C@H](O)COP(=O)(O)OC[C@@H](COC(=O)CCCCCCCCCCCCCCCCC(C)CC)OC(=O)CCCCCCCCCCCCCCCCC(C)CC)OC(=O)CCCCCCCCCCCCC(C)C. The second kappa shape index (κ2) is 72.3. The van der Waals surface area contributed by atoms with Crippen LogP contribution in [-0.4, -0.2) is 96.7 Å². The van der Waals surface area contributed by atoms with Gasteiger partial charge in [-0.05, 0) is 43.4 Å². The predicted octanol–water partition coefficient (Wildman–Crippen LogP) is 24.5. The van der Waals surface area contributed by atoms with Crippen molar-refractivity contribution in [2.45, 2.75) is 446 Å². The largest absolute Gasteiger partial charge is 0.472 e. The fourth-order valence-corrected chi connectivity index (χ4v) is 14.2. The maximum absolute atomic E-state index is 13.1. The van der Waals surface area contributed by atoms with Crippen molar-refractivity contribution in [1.29, 1.82) is 0 Å². The molecule has 0 saturated heterocycles. The lowest BCUT2D eigenvalue weighted by Crippen LogP contribution is -2.30. The summed E-state index contributed by atoms with van der Waals surface area (Å²) in [6.07, 6.45) is 60.8. The number of carbonyl (C=O) groups excluding carboxylic acids is 4. The van der Waals surface area contributed by atoms with Crippen LogP contribution in [0.1, 0.15) is 427 Å². The van der Waals surface area contributed by atoms with Crippen molar-refractivity contribution in [3.05, 3.63) is 0 Å². The van der Waals surface area contributed by atoms with Crippen molar-refractivity contribution >= 4 is 39.5 Å². The number of ether oxygens (including phenoxy) is 4. The Morgan fingerprint density at radius 3 is 0.752 bits per heavy atom. The van der Waals surface area contributed by atoms with Gasteiger partial charge in [0.05, 0.1) is 26.4 Å². The van der Waals surface area contributed by atoms with E-state index in [1.165, 1.54) is 238 Å². The van der Waals surface area contributed by atoms with Crippen LogP contribution in [-0.2, 0) is 65.4 Å². The highest BCUT2D eigenvalue weighted by molar-refractivity contribution is 7.47. The topological polar surface area (TPSA) is 237 Å². The van der Waals surface area contributed by atoms with Crippen LogP contribution < -0.4 is 0 Å². The summed E-state index contributed by atoms with van der Waals surface area (Å²) in [6, 6.07) is 0. The molecule has 4 unspecified atom stereocenters. The van der Waals surface area contributed by atoms with Crippen LogP contribution in [0.5, 0.6) is 0 Å². The molecule has 0 aromatic rings. The summed E-state index contributed by atoms with van der Waals surface area (Å²) in [5, 5.41) is 10.7. The molecule has 3 N–H and O–H groups in total. The van der Waals surface area contributed by atoms with Crippen LogP contribution in [0.2, 0.25) is 0 Å². The number of unbranched alkanes of at least 4 members (excludes halogenated alkanes) is 46. The van der Waals surface area contributed by atoms with Gasteiger partial charge in [-0.15, -0.1) is 0 Å². The first kappa shape index (κ1) is 99.1. The summed E-state index contributed by atoms with van der Waals surface area (Å²) < 4.78 is 68.8.